The molecule has 1 aromatic heterocycles. The Balaban J connectivity index is 1.88. The molecule has 0 aliphatic heterocycles. The third-order valence-electron chi connectivity index (χ3n) is 5.54. The zero-order valence-electron chi connectivity index (χ0n) is 16.3. The fourth-order valence-corrected chi connectivity index (χ4v) is 4.08. The van der Waals surface area contributed by atoms with Crippen LogP contribution in [-0.4, -0.2) is 26.8 Å². The Bertz CT molecular complexity index is 1130. The van der Waals surface area contributed by atoms with Crippen LogP contribution in [0.2, 0.25) is 0 Å². The van der Waals surface area contributed by atoms with Crippen molar-refractivity contribution in [2.24, 2.45) is 0 Å². The van der Waals surface area contributed by atoms with Crippen molar-refractivity contribution in [3.63, 3.8) is 0 Å². The van der Waals surface area contributed by atoms with Gasteiger partial charge in [-0.25, -0.2) is 9.18 Å². The lowest BCUT2D eigenvalue weighted by molar-refractivity contribution is 0.0696. The van der Waals surface area contributed by atoms with Crippen molar-refractivity contribution >= 4 is 11.9 Å². The maximum absolute atomic E-state index is 14.7. The van der Waals surface area contributed by atoms with Crippen LogP contribution in [0, 0.1) is 19.7 Å². The van der Waals surface area contributed by atoms with Gasteiger partial charge in [0.25, 0.3) is 5.91 Å². The molecule has 1 heterocycles. The molecule has 0 spiro atoms. The molecule has 3 aromatic rings. The predicted molar refractivity (Wildman–Crippen MR) is 107 cm³/mol. The van der Waals surface area contributed by atoms with Gasteiger partial charge in [0.15, 0.2) is 0 Å². The Hall–Kier alpha value is -3.28. The SMILES string of the molecule is Cc1cccc(C)c1C(=O)n1nc(-c2ccc(C(=O)O)cc2F)c2c1CCCC2. The summed E-state index contributed by atoms with van der Waals surface area (Å²) in [6, 6.07) is 9.49. The highest BCUT2D eigenvalue weighted by Crippen LogP contribution is 2.33. The molecule has 2 aromatic carbocycles. The van der Waals surface area contributed by atoms with E-state index in [2.05, 4.69) is 5.10 Å². The molecule has 0 saturated heterocycles. The maximum Gasteiger partial charge on any atom is 0.335 e. The highest BCUT2D eigenvalue weighted by Gasteiger charge is 2.28. The molecule has 29 heavy (non-hydrogen) atoms. The number of carbonyl (C=O) groups excluding carboxylic acids is 1. The van der Waals surface area contributed by atoms with E-state index in [0.29, 0.717) is 24.1 Å². The van der Waals surface area contributed by atoms with E-state index >= 15 is 0 Å². The number of halogens is 1. The quantitative estimate of drug-likeness (QED) is 0.709. The lowest BCUT2D eigenvalue weighted by Crippen LogP contribution is -2.20. The molecular formula is C23H21FN2O3. The van der Waals surface area contributed by atoms with Gasteiger partial charge in [-0.05, 0) is 68.9 Å². The predicted octanol–water partition coefficient (Wildman–Crippen LogP) is 4.57. The van der Waals surface area contributed by atoms with Crippen LogP contribution in [0.3, 0.4) is 0 Å². The minimum absolute atomic E-state index is 0.119. The van der Waals surface area contributed by atoms with Crippen LogP contribution in [-0.2, 0) is 12.8 Å². The van der Waals surface area contributed by atoms with Crippen molar-refractivity contribution in [2.45, 2.75) is 39.5 Å². The lowest BCUT2D eigenvalue weighted by Gasteiger charge is -2.15. The molecule has 0 saturated carbocycles. The van der Waals surface area contributed by atoms with E-state index in [1.807, 2.05) is 32.0 Å². The largest absolute Gasteiger partial charge is 0.478 e. The number of benzene rings is 2. The van der Waals surface area contributed by atoms with Gasteiger partial charge in [-0.1, -0.05) is 18.2 Å². The van der Waals surface area contributed by atoms with Gasteiger partial charge in [-0.3, -0.25) is 4.79 Å². The van der Waals surface area contributed by atoms with Crippen LogP contribution in [0.1, 0.15) is 55.9 Å². The second kappa shape index (κ2) is 7.28. The number of aromatic carboxylic acids is 1. The van der Waals surface area contributed by atoms with E-state index in [9.17, 15) is 14.0 Å². The third-order valence-corrected chi connectivity index (χ3v) is 5.54. The second-order valence-electron chi connectivity index (χ2n) is 7.46. The number of fused-ring (bicyclic) bond motifs is 1. The number of carbonyl (C=O) groups is 2. The number of aromatic nitrogens is 2. The first-order valence-electron chi connectivity index (χ1n) is 9.63. The minimum atomic E-state index is -1.19. The Morgan fingerprint density at radius 1 is 1.07 bits per heavy atom. The average Bonchev–Trinajstić information content (AvgIpc) is 3.07. The number of nitrogens with zero attached hydrogens (tertiary/aromatic N) is 2. The molecule has 4 rings (SSSR count). The monoisotopic (exact) mass is 392 g/mol. The van der Waals surface area contributed by atoms with E-state index in [-0.39, 0.29) is 17.0 Å². The van der Waals surface area contributed by atoms with Crippen molar-refractivity contribution in [3.05, 3.63) is 75.7 Å². The topological polar surface area (TPSA) is 72.2 Å². The molecule has 0 bridgehead atoms. The maximum atomic E-state index is 14.7. The first kappa shape index (κ1) is 19.1. The summed E-state index contributed by atoms with van der Waals surface area (Å²) in [5.41, 5.74) is 4.57. The number of hydrogen-bond donors (Lipinski definition) is 1. The summed E-state index contributed by atoms with van der Waals surface area (Å²) in [4.78, 5) is 24.5. The van der Waals surface area contributed by atoms with Crippen LogP contribution >= 0.6 is 0 Å². The van der Waals surface area contributed by atoms with E-state index in [1.54, 1.807) is 0 Å². The third kappa shape index (κ3) is 3.24. The zero-order chi connectivity index (χ0) is 20.7. The van der Waals surface area contributed by atoms with Crippen LogP contribution in [0.15, 0.2) is 36.4 Å². The molecule has 1 aliphatic rings. The van der Waals surface area contributed by atoms with Crippen molar-refractivity contribution in [1.29, 1.82) is 0 Å². The standard InChI is InChI=1S/C23H21FN2O3/c1-13-6-5-7-14(2)20(13)22(27)26-19-9-4-3-8-17(19)21(25-26)16-11-10-15(23(28)29)12-18(16)24/h5-7,10-12H,3-4,8-9H2,1-2H3,(H,28,29). The van der Waals surface area contributed by atoms with E-state index in [4.69, 9.17) is 5.11 Å². The van der Waals surface area contributed by atoms with Gasteiger partial charge in [0, 0.05) is 16.7 Å². The molecule has 1 aliphatic carbocycles. The van der Waals surface area contributed by atoms with Gasteiger partial charge in [0.05, 0.1) is 17.0 Å². The molecule has 0 radical (unpaired) electrons. The van der Waals surface area contributed by atoms with Crippen LogP contribution in [0.25, 0.3) is 11.3 Å². The van der Waals surface area contributed by atoms with Gasteiger partial charge in [0.2, 0.25) is 0 Å². The number of carboxylic acids is 1. The highest BCUT2D eigenvalue weighted by atomic mass is 19.1. The molecule has 0 atom stereocenters. The van der Waals surface area contributed by atoms with Crippen LogP contribution in [0.5, 0.6) is 0 Å². The molecule has 0 fully saturated rings. The lowest BCUT2D eigenvalue weighted by atomic mass is 9.93. The van der Waals surface area contributed by atoms with Gasteiger partial charge in [-0.2, -0.15) is 9.78 Å². The molecule has 1 N–H and O–H groups in total. The van der Waals surface area contributed by atoms with Crippen molar-refractivity contribution in [1.82, 2.24) is 9.78 Å². The fraction of sp³-hybridized carbons (Fsp3) is 0.261. The van der Waals surface area contributed by atoms with Crippen molar-refractivity contribution < 1.29 is 19.1 Å². The smallest absolute Gasteiger partial charge is 0.335 e. The molecule has 148 valence electrons. The Morgan fingerprint density at radius 2 is 1.76 bits per heavy atom. The molecular weight excluding hydrogens is 371 g/mol. The summed E-state index contributed by atoms with van der Waals surface area (Å²) in [5.74, 6) is -2.05. The van der Waals surface area contributed by atoms with Crippen molar-refractivity contribution in [3.8, 4) is 11.3 Å². The van der Waals surface area contributed by atoms with Crippen molar-refractivity contribution in [2.75, 3.05) is 0 Å². The normalized spacial score (nSPS) is 13.2. The molecule has 0 unspecified atom stereocenters. The zero-order valence-corrected chi connectivity index (χ0v) is 16.3. The summed E-state index contributed by atoms with van der Waals surface area (Å²) >= 11 is 0. The van der Waals surface area contributed by atoms with Gasteiger partial charge >= 0.3 is 5.97 Å². The first-order chi connectivity index (χ1) is 13.9. The minimum Gasteiger partial charge on any atom is -0.478 e. The van der Waals surface area contributed by atoms with E-state index in [0.717, 1.165) is 41.3 Å². The Labute approximate surface area is 167 Å². The number of carboxylic acid groups (broad SMARTS) is 1. The van der Waals surface area contributed by atoms with E-state index in [1.165, 1.54) is 16.8 Å². The summed E-state index contributed by atoms with van der Waals surface area (Å²) < 4.78 is 16.2. The molecule has 0 amide bonds. The van der Waals surface area contributed by atoms with E-state index < -0.39 is 11.8 Å². The first-order valence-corrected chi connectivity index (χ1v) is 9.63. The average molecular weight is 392 g/mol. The van der Waals surface area contributed by atoms with Gasteiger partial charge in [-0.15, -0.1) is 0 Å². The molecule has 6 heteroatoms. The van der Waals surface area contributed by atoms with Crippen LogP contribution in [0.4, 0.5) is 4.39 Å². The number of hydrogen-bond acceptors (Lipinski definition) is 3. The molecule has 5 nitrogen and oxygen atoms in total. The summed E-state index contributed by atoms with van der Waals surface area (Å²) in [6.45, 7) is 3.78. The summed E-state index contributed by atoms with van der Waals surface area (Å²) in [5, 5.41) is 13.6. The highest BCUT2D eigenvalue weighted by molar-refractivity contribution is 5.99. The Morgan fingerprint density at radius 3 is 2.41 bits per heavy atom. The fourth-order valence-electron chi connectivity index (χ4n) is 4.08. The summed E-state index contributed by atoms with van der Waals surface area (Å²) in [6.07, 6.45) is 3.30. The van der Waals surface area contributed by atoms with Crippen LogP contribution < -0.4 is 0 Å². The number of rotatable bonds is 3. The Kier molecular flexibility index (Phi) is 4.78. The summed E-state index contributed by atoms with van der Waals surface area (Å²) in [7, 11) is 0. The number of aryl methyl sites for hydroxylation is 2. The second-order valence-corrected chi connectivity index (χ2v) is 7.46. The van der Waals surface area contributed by atoms with Gasteiger partial charge in [0.1, 0.15) is 5.82 Å². The van der Waals surface area contributed by atoms with Gasteiger partial charge < -0.3 is 5.11 Å².